The minimum absolute atomic E-state index is 0.0871. The van der Waals surface area contributed by atoms with Gasteiger partial charge in [-0.05, 0) is 42.7 Å². The number of rotatable bonds is 10. The van der Waals surface area contributed by atoms with Crippen LogP contribution in [0.5, 0.6) is 5.75 Å². The van der Waals surface area contributed by atoms with Crippen molar-refractivity contribution in [3.05, 3.63) is 94.5 Å². The van der Waals surface area contributed by atoms with Crippen LogP contribution in [0, 0.1) is 11.3 Å². The molecule has 0 spiro atoms. The number of aliphatic hydroxyl groups excluding tert-OH is 1. The Labute approximate surface area is 230 Å². The van der Waals surface area contributed by atoms with Gasteiger partial charge in [0.2, 0.25) is 0 Å². The molecule has 1 fully saturated rings. The van der Waals surface area contributed by atoms with Crippen LogP contribution >= 0.6 is 0 Å². The molecule has 40 heavy (non-hydrogen) atoms. The number of carbonyl (C=O) groups excluding carboxylic acids is 1. The van der Waals surface area contributed by atoms with Crippen molar-refractivity contribution < 1.29 is 14.6 Å². The first-order valence-corrected chi connectivity index (χ1v) is 13.1. The van der Waals surface area contributed by atoms with Crippen molar-refractivity contribution in [3.8, 4) is 34.5 Å². The van der Waals surface area contributed by atoms with Gasteiger partial charge >= 0.3 is 0 Å². The Morgan fingerprint density at radius 3 is 2.67 bits per heavy atom. The molecule has 2 aromatic carbocycles. The van der Waals surface area contributed by atoms with E-state index in [0.29, 0.717) is 55.2 Å². The summed E-state index contributed by atoms with van der Waals surface area (Å²) in [5, 5.41) is 26.3. The molecule has 2 aromatic heterocycles. The normalized spacial score (nSPS) is 16.4. The van der Waals surface area contributed by atoms with E-state index in [1.54, 1.807) is 36.7 Å². The number of carbonyl (C=O) groups is 1. The van der Waals surface area contributed by atoms with Gasteiger partial charge in [0.15, 0.2) is 11.6 Å². The average molecular weight is 537 g/mol. The molecule has 10 nitrogen and oxygen atoms in total. The van der Waals surface area contributed by atoms with E-state index in [1.807, 2.05) is 30.3 Å². The Hall–Kier alpha value is -4.72. The number of Topliss-reactive ketones (excluding diaryl/α,β-unsaturated/α-hetero) is 1. The monoisotopic (exact) mass is 536 g/mol. The summed E-state index contributed by atoms with van der Waals surface area (Å²) in [5.41, 5.74) is 3.29. The molecule has 1 aliphatic heterocycles. The van der Waals surface area contributed by atoms with Crippen LogP contribution in [0.1, 0.15) is 30.4 Å². The smallest absolute Gasteiger partial charge is 0.267 e. The van der Waals surface area contributed by atoms with Crippen LogP contribution in [0.2, 0.25) is 0 Å². The van der Waals surface area contributed by atoms with E-state index in [-0.39, 0.29) is 23.9 Å². The number of aromatic nitrogens is 4. The lowest BCUT2D eigenvalue weighted by Crippen LogP contribution is -2.30. The summed E-state index contributed by atoms with van der Waals surface area (Å²) in [4.78, 5) is 33.5. The molecule has 4 aromatic rings. The highest BCUT2D eigenvalue weighted by Crippen LogP contribution is 2.20. The zero-order valence-corrected chi connectivity index (χ0v) is 21.7. The number of nitrogens with one attached hydrogen (secondary N) is 1. The predicted octanol–water partition coefficient (Wildman–Crippen LogP) is 2.74. The van der Waals surface area contributed by atoms with E-state index in [1.165, 1.54) is 10.7 Å². The molecular formula is C30H28N6O4. The zero-order chi connectivity index (χ0) is 27.9. The average Bonchev–Trinajstić information content (AvgIpc) is 3.43. The number of nitrogens with zero attached hydrogens (tertiary/aromatic N) is 5. The van der Waals surface area contributed by atoms with Gasteiger partial charge in [-0.3, -0.25) is 9.59 Å². The molecule has 0 unspecified atom stereocenters. The van der Waals surface area contributed by atoms with Crippen LogP contribution < -0.4 is 15.6 Å². The number of hydrogen-bond acceptors (Lipinski definition) is 9. The molecule has 0 amide bonds. The first-order chi connectivity index (χ1) is 19.5. The first-order valence-electron chi connectivity index (χ1n) is 13.1. The van der Waals surface area contributed by atoms with E-state index < -0.39 is 6.10 Å². The maximum Gasteiger partial charge on any atom is 0.267 e. The lowest BCUT2D eigenvalue weighted by molar-refractivity contribution is -0.121. The molecule has 202 valence electrons. The summed E-state index contributed by atoms with van der Waals surface area (Å²) in [6.07, 6.45) is 4.14. The van der Waals surface area contributed by atoms with Crippen LogP contribution in [0.3, 0.4) is 0 Å². The fourth-order valence-electron chi connectivity index (χ4n) is 4.56. The summed E-state index contributed by atoms with van der Waals surface area (Å²) in [6.45, 7) is 1.08. The van der Waals surface area contributed by atoms with E-state index >= 15 is 0 Å². The number of ketones is 1. The molecule has 1 aliphatic rings. The van der Waals surface area contributed by atoms with Crippen molar-refractivity contribution in [1.29, 1.82) is 5.26 Å². The number of benzene rings is 2. The summed E-state index contributed by atoms with van der Waals surface area (Å²) < 4.78 is 7.09. The van der Waals surface area contributed by atoms with Crippen molar-refractivity contribution in [1.82, 2.24) is 25.1 Å². The highest BCUT2D eigenvalue weighted by atomic mass is 16.5. The Balaban J connectivity index is 1.20. The largest absolute Gasteiger partial charge is 0.490 e. The van der Waals surface area contributed by atoms with Crippen LogP contribution in [0.15, 0.2) is 77.9 Å². The highest BCUT2D eigenvalue weighted by molar-refractivity contribution is 5.84. The molecule has 0 aliphatic carbocycles. The van der Waals surface area contributed by atoms with Crippen molar-refractivity contribution in [3.63, 3.8) is 0 Å². The number of aliphatic hydroxyl groups is 1. The third kappa shape index (κ3) is 6.64. The Morgan fingerprint density at radius 1 is 1.10 bits per heavy atom. The van der Waals surface area contributed by atoms with Gasteiger partial charge in [0, 0.05) is 30.2 Å². The quantitative estimate of drug-likeness (QED) is 0.292. The van der Waals surface area contributed by atoms with Crippen LogP contribution in [0.25, 0.3) is 22.6 Å². The maximum atomic E-state index is 12.5. The fraction of sp³-hybridized carbons (Fsp3) is 0.267. The van der Waals surface area contributed by atoms with Crippen molar-refractivity contribution in [2.75, 3.05) is 13.2 Å². The second-order valence-corrected chi connectivity index (χ2v) is 9.62. The summed E-state index contributed by atoms with van der Waals surface area (Å²) >= 11 is 0. The lowest BCUT2D eigenvalue weighted by Gasteiger charge is -2.10. The number of nitriles is 1. The number of hydrogen-bond donors (Lipinski definition) is 2. The third-order valence-electron chi connectivity index (χ3n) is 6.63. The molecule has 1 saturated heterocycles. The van der Waals surface area contributed by atoms with Crippen molar-refractivity contribution >= 4 is 5.78 Å². The molecule has 10 heteroatoms. The molecule has 3 heterocycles. The van der Waals surface area contributed by atoms with E-state index in [2.05, 4.69) is 26.5 Å². The third-order valence-corrected chi connectivity index (χ3v) is 6.63. The number of ether oxygens (including phenoxy) is 1. The number of β-amino-alcohol motifs (C(OH)–C–C–N with tert-alkyl or cyclic N) is 1. The van der Waals surface area contributed by atoms with Gasteiger partial charge in [0.25, 0.3) is 5.56 Å². The highest BCUT2D eigenvalue weighted by Gasteiger charge is 2.27. The second-order valence-electron chi connectivity index (χ2n) is 9.62. The first kappa shape index (κ1) is 26.9. The van der Waals surface area contributed by atoms with Gasteiger partial charge in [-0.15, -0.1) is 0 Å². The molecule has 2 atom stereocenters. The molecular weight excluding hydrogens is 508 g/mol. The SMILES string of the molecule is N#Cc1cccc(-c2ccc(=O)n(Cc3cccc(-c4ncc(OCCCC(=O)[C@@H]5C[C@@H](O)CN5)cn4)c3)n2)c1. The minimum atomic E-state index is -0.452. The summed E-state index contributed by atoms with van der Waals surface area (Å²) in [7, 11) is 0. The molecule has 2 N–H and O–H groups in total. The Kier molecular flexibility index (Phi) is 8.35. The van der Waals surface area contributed by atoms with E-state index in [9.17, 15) is 20.0 Å². The fourth-order valence-corrected chi connectivity index (χ4v) is 4.56. The maximum absolute atomic E-state index is 12.5. The summed E-state index contributed by atoms with van der Waals surface area (Å²) in [5.74, 6) is 1.11. The minimum Gasteiger partial charge on any atom is -0.490 e. The van der Waals surface area contributed by atoms with Gasteiger partial charge < -0.3 is 15.2 Å². The van der Waals surface area contributed by atoms with Gasteiger partial charge in [0.1, 0.15) is 5.78 Å². The molecule has 5 rings (SSSR count). The zero-order valence-electron chi connectivity index (χ0n) is 21.7. The van der Waals surface area contributed by atoms with Crippen molar-refractivity contribution in [2.24, 2.45) is 0 Å². The lowest BCUT2D eigenvalue weighted by atomic mass is 10.1. The standard InChI is InChI=1S/C30H28N6O4/c31-15-20-4-1-6-22(12-20)26-9-10-29(39)36(35-26)19-21-5-2-7-23(13-21)30-33-17-25(18-34-30)40-11-3-8-28(38)27-14-24(37)16-32-27/h1-2,4-7,9-10,12-13,17-18,24,27,32,37H,3,8,11,14,16,19H2/t24-,27+/m1/s1. The van der Waals surface area contributed by atoms with Gasteiger partial charge in [-0.2, -0.15) is 10.4 Å². The van der Waals surface area contributed by atoms with E-state index in [0.717, 1.165) is 16.7 Å². The van der Waals surface area contributed by atoms with Gasteiger partial charge in [0.05, 0.1) is 55.0 Å². The molecule has 0 radical (unpaired) electrons. The topological polar surface area (TPSA) is 143 Å². The van der Waals surface area contributed by atoms with Crippen molar-refractivity contribution in [2.45, 2.75) is 38.0 Å². The van der Waals surface area contributed by atoms with Crippen LogP contribution in [-0.2, 0) is 11.3 Å². The molecule has 0 saturated carbocycles. The Morgan fingerprint density at radius 2 is 1.90 bits per heavy atom. The summed E-state index contributed by atoms with van der Waals surface area (Å²) in [6, 6.07) is 19.6. The Bertz CT molecular complexity index is 1600. The van der Waals surface area contributed by atoms with Crippen LogP contribution in [0.4, 0.5) is 0 Å². The van der Waals surface area contributed by atoms with Gasteiger partial charge in [-0.25, -0.2) is 14.6 Å². The van der Waals surface area contributed by atoms with Gasteiger partial charge in [-0.1, -0.05) is 30.3 Å². The molecule has 0 bridgehead atoms. The van der Waals surface area contributed by atoms with E-state index in [4.69, 9.17) is 4.74 Å². The predicted molar refractivity (Wildman–Crippen MR) is 147 cm³/mol. The van der Waals surface area contributed by atoms with Crippen LogP contribution in [-0.4, -0.2) is 55.9 Å². The second kappa shape index (κ2) is 12.4.